The Labute approximate surface area is 93.1 Å². The van der Waals surface area contributed by atoms with Crippen LogP contribution >= 0.6 is 11.3 Å². The minimum absolute atomic E-state index is 0.759. The molecule has 80 valence electrons. The van der Waals surface area contributed by atoms with E-state index in [1.54, 1.807) is 11.3 Å². The Kier molecular flexibility index (Phi) is 2.07. The monoisotopic (exact) mass is 221 g/mol. The fraction of sp³-hybridized carbons (Fsp3) is 0.545. The maximum absolute atomic E-state index is 4.57. The van der Waals surface area contributed by atoms with Crippen LogP contribution in [0, 0.1) is 13.8 Å². The summed E-state index contributed by atoms with van der Waals surface area (Å²) in [6.45, 7) is 5.18. The van der Waals surface area contributed by atoms with E-state index in [1.165, 1.54) is 23.4 Å². The molecule has 2 heterocycles. The van der Waals surface area contributed by atoms with Gasteiger partial charge in [-0.3, -0.25) is 4.40 Å². The highest BCUT2D eigenvalue weighted by atomic mass is 32.1. The van der Waals surface area contributed by atoms with Gasteiger partial charge in [-0.2, -0.15) is 0 Å². The van der Waals surface area contributed by atoms with E-state index in [-0.39, 0.29) is 0 Å². The summed E-state index contributed by atoms with van der Waals surface area (Å²) in [6.07, 6.45) is 4.86. The third-order valence-corrected chi connectivity index (χ3v) is 3.77. The first-order valence-electron chi connectivity index (χ1n) is 5.41. The lowest BCUT2D eigenvalue weighted by molar-refractivity contribution is 0.667. The van der Waals surface area contributed by atoms with E-state index >= 15 is 0 Å². The first-order chi connectivity index (χ1) is 7.24. The van der Waals surface area contributed by atoms with Gasteiger partial charge in [-0.25, -0.2) is 4.98 Å². The minimum atomic E-state index is 0.759. The Hall–Kier alpha value is -0.870. The van der Waals surface area contributed by atoms with Crippen LogP contribution in [0.25, 0.3) is 4.96 Å². The molecule has 0 spiro atoms. The molecule has 0 bridgehead atoms. The summed E-state index contributed by atoms with van der Waals surface area (Å²) < 4.78 is 2.23. The van der Waals surface area contributed by atoms with Gasteiger partial charge in [0.05, 0.1) is 11.4 Å². The zero-order chi connectivity index (χ0) is 10.4. The average molecular weight is 221 g/mol. The Bertz CT molecular complexity index is 493. The molecular weight excluding hydrogens is 206 g/mol. The van der Waals surface area contributed by atoms with E-state index in [2.05, 4.69) is 34.7 Å². The van der Waals surface area contributed by atoms with Gasteiger partial charge in [0, 0.05) is 23.7 Å². The largest absolute Gasteiger partial charge is 0.308 e. The summed E-state index contributed by atoms with van der Waals surface area (Å²) in [7, 11) is 0. The predicted molar refractivity (Wildman–Crippen MR) is 62.4 cm³/mol. The Balaban J connectivity index is 1.94. The van der Waals surface area contributed by atoms with Crippen molar-refractivity contribution in [2.75, 3.05) is 0 Å². The molecule has 1 saturated carbocycles. The molecule has 2 aromatic rings. The summed E-state index contributed by atoms with van der Waals surface area (Å²) in [5.74, 6) is 0. The van der Waals surface area contributed by atoms with Crippen LogP contribution < -0.4 is 5.32 Å². The van der Waals surface area contributed by atoms with Crippen LogP contribution in [0.1, 0.15) is 29.1 Å². The van der Waals surface area contributed by atoms with E-state index in [0.29, 0.717) is 0 Å². The molecule has 15 heavy (non-hydrogen) atoms. The highest BCUT2D eigenvalue weighted by Crippen LogP contribution is 2.23. The first kappa shape index (κ1) is 9.36. The normalized spacial score (nSPS) is 16.4. The van der Waals surface area contributed by atoms with Crippen molar-refractivity contribution in [2.24, 2.45) is 0 Å². The minimum Gasteiger partial charge on any atom is -0.308 e. The maximum atomic E-state index is 4.57. The molecular formula is C11H15N3S. The van der Waals surface area contributed by atoms with E-state index in [0.717, 1.165) is 23.2 Å². The zero-order valence-electron chi connectivity index (χ0n) is 9.08. The zero-order valence-corrected chi connectivity index (χ0v) is 9.90. The third-order valence-electron chi connectivity index (χ3n) is 2.88. The molecule has 3 rings (SSSR count). The molecule has 1 N–H and O–H groups in total. The van der Waals surface area contributed by atoms with E-state index in [9.17, 15) is 0 Å². The molecule has 0 aromatic carbocycles. The van der Waals surface area contributed by atoms with Crippen LogP contribution in [0.15, 0.2) is 6.20 Å². The lowest BCUT2D eigenvalue weighted by Gasteiger charge is -2.02. The number of hydrogen-bond acceptors (Lipinski definition) is 3. The number of imidazole rings is 1. The highest BCUT2D eigenvalue weighted by Gasteiger charge is 2.21. The molecule has 0 aliphatic heterocycles. The van der Waals surface area contributed by atoms with Crippen LogP contribution in [0.4, 0.5) is 0 Å². The van der Waals surface area contributed by atoms with E-state index in [1.807, 2.05) is 0 Å². The van der Waals surface area contributed by atoms with Gasteiger partial charge in [-0.1, -0.05) is 0 Å². The molecule has 2 aromatic heterocycles. The molecule has 0 unspecified atom stereocenters. The van der Waals surface area contributed by atoms with Crippen LogP contribution in [-0.2, 0) is 6.54 Å². The number of aromatic nitrogens is 2. The predicted octanol–water partition coefficient (Wildman–Crippen LogP) is 2.26. The summed E-state index contributed by atoms with van der Waals surface area (Å²) >= 11 is 1.76. The van der Waals surface area contributed by atoms with Crippen LogP contribution in [0.5, 0.6) is 0 Å². The molecule has 0 atom stereocenters. The lowest BCUT2D eigenvalue weighted by atomic mass is 10.3. The molecule has 1 aliphatic carbocycles. The van der Waals surface area contributed by atoms with Crippen molar-refractivity contribution in [2.45, 2.75) is 39.3 Å². The smallest absolute Gasteiger partial charge is 0.194 e. The molecule has 1 aliphatic rings. The Morgan fingerprint density at radius 3 is 3.07 bits per heavy atom. The first-order valence-corrected chi connectivity index (χ1v) is 6.23. The summed E-state index contributed by atoms with van der Waals surface area (Å²) in [5, 5.41) is 3.55. The third kappa shape index (κ3) is 1.68. The number of rotatable bonds is 3. The van der Waals surface area contributed by atoms with Crippen molar-refractivity contribution in [3.63, 3.8) is 0 Å². The van der Waals surface area contributed by atoms with Crippen LogP contribution in [0.2, 0.25) is 0 Å². The molecule has 0 radical (unpaired) electrons. The number of aryl methyl sites for hydroxylation is 2. The van der Waals surface area contributed by atoms with E-state index in [4.69, 9.17) is 0 Å². The highest BCUT2D eigenvalue weighted by molar-refractivity contribution is 7.17. The van der Waals surface area contributed by atoms with Crippen molar-refractivity contribution in [1.29, 1.82) is 0 Å². The van der Waals surface area contributed by atoms with E-state index < -0.39 is 0 Å². The quantitative estimate of drug-likeness (QED) is 0.861. The van der Waals surface area contributed by atoms with Crippen molar-refractivity contribution in [3.8, 4) is 0 Å². The maximum Gasteiger partial charge on any atom is 0.194 e. The van der Waals surface area contributed by atoms with Crippen LogP contribution in [0.3, 0.4) is 0 Å². The Morgan fingerprint density at radius 2 is 2.33 bits per heavy atom. The van der Waals surface area contributed by atoms with Crippen molar-refractivity contribution in [3.05, 3.63) is 22.5 Å². The number of hydrogen-bond donors (Lipinski definition) is 1. The summed E-state index contributed by atoms with van der Waals surface area (Å²) in [6, 6.07) is 0.759. The van der Waals surface area contributed by atoms with Gasteiger partial charge in [-0.15, -0.1) is 11.3 Å². The van der Waals surface area contributed by atoms with Gasteiger partial charge in [0.2, 0.25) is 0 Å². The van der Waals surface area contributed by atoms with Crippen molar-refractivity contribution < 1.29 is 0 Å². The summed E-state index contributed by atoms with van der Waals surface area (Å²) in [5.41, 5.74) is 2.48. The molecule has 1 fully saturated rings. The van der Waals surface area contributed by atoms with Gasteiger partial charge in [0.1, 0.15) is 0 Å². The molecule has 0 saturated heterocycles. The van der Waals surface area contributed by atoms with Crippen LogP contribution in [-0.4, -0.2) is 15.4 Å². The number of thiazole rings is 1. The van der Waals surface area contributed by atoms with Gasteiger partial charge in [0.15, 0.2) is 4.96 Å². The fourth-order valence-electron chi connectivity index (χ4n) is 1.85. The lowest BCUT2D eigenvalue weighted by Crippen LogP contribution is -2.17. The molecule has 4 heteroatoms. The standard InChI is InChI=1S/C11H15N3S/c1-7-6-14-10(5-12-9-3-4-9)8(2)13-11(14)15-7/h6,9,12H,3-5H2,1-2H3. The van der Waals surface area contributed by atoms with Gasteiger partial charge < -0.3 is 5.32 Å². The van der Waals surface area contributed by atoms with Crippen molar-refractivity contribution >= 4 is 16.3 Å². The van der Waals surface area contributed by atoms with Gasteiger partial charge in [0.25, 0.3) is 0 Å². The number of nitrogens with zero attached hydrogens (tertiary/aromatic N) is 2. The molecule has 0 amide bonds. The second kappa shape index (κ2) is 3.32. The fourth-order valence-corrected chi connectivity index (χ4v) is 2.74. The molecule has 3 nitrogen and oxygen atoms in total. The van der Waals surface area contributed by atoms with Gasteiger partial charge >= 0.3 is 0 Å². The van der Waals surface area contributed by atoms with Gasteiger partial charge in [-0.05, 0) is 26.7 Å². The second-order valence-corrected chi connectivity index (χ2v) is 5.51. The Morgan fingerprint density at radius 1 is 1.53 bits per heavy atom. The number of nitrogens with one attached hydrogen (secondary N) is 1. The topological polar surface area (TPSA) is 29.3 Å². The SMILES string of the molecule is Cc1cn2c(CNC3CC3)c(C)nc2s1. The number of fused-ring (bicyclic) bond motifs is 1. The average Bonchev–Trinajstić information content (AvgIpc) is 2.86. The summed E-state index contributed by atoms with van der Waals surface area (Å²) in [4.78, 5) is 7.02. The van der Waals surface area contributed by atoms with Crippen molar-refractivity contribution in [1.82, 2.24) is 14.7 Å². The second-order valence-electron chi connectivity index (χ2n) is 4.29.